The molecule has 1 aromatic carbocycles. The van der Waals surface area contributed by atoms with Crippen LogP contribution in [0.1, 0.15) is 36.7 Å². The van der Waals surface area contributed by atoms with Gasteiger partial charge in [-0.3, -0.25) is 9.59 Å². The highest BCUT2D eigenvalue weighted by Gasteiger charge is 2.37. The third kappa shape index (κ3) is 3.43. The van der Waals surface area contributed by atoms with Crippen LogP contribution in [0.25, 0.3) is 0 Å². The molecule has 1 aromatic rings. The van der Waals surface area contributed by atoms with Gasteiger partial charge in [-0.15, -0.1) is 0 Å². The summed E-state index contributed by atoms with van der Waals surface area (Å²) < 4.78 is 0. The Morgan fingerprint density at radius 3 is 2.59 bits per heavy atom. The van der Waals surface area contributed by atoms with Crippen LogP contribution in [-0.2, 0) is 4.79 Å². The molecule has 22 heavy (non-hydrogen) atoms. The molecule has 4 nitrogen and oxygen atoms in total. The third-order valence-electron chi connectivity index (χ3n) is 4.32. The summed E-state index contributed by atoms with van der Waals surface area (Å²) >= 11 is 6.27. The Morgan fingerprint density at radius 1 is 1.32 bits per heavy atom. The molecular weight excluding hydrogens is 300 g/mol. The van der Waals surface area contributed by atoms with Gasteiger partial charge < -0.3 is 10.2 Å². The number of carbonyl (C=O) groups is 2. The molecular formula is C17H23ClN2O2. The zero-order valence-corrected chi connectivity index (χ0v) is 14.3. The first-order valence-electron chi connectivity index (χ1n) is 7.62. The van der Waals surface area contributed by atoms with Gasteiger partial charge in [-0.1, -0.05) is 37.6 Å². The molecule has 1 N–H and O–H groups in total. The molecule has 0 spiro atoms. The molecule has 2 atom stereocenters. The molecule has 1 aliphatic heterocycles. The summed E-state index contributed by atoms with van der Waals surface area (Å²) in [5.41, 5.74) is 1.43. The summed E-state index contributed by atoms with van der Waals surface area (Å²) in [5, 5.41) is 3.48. The van der Waals surface area contributed by atoms with Crippen molar-refractivity contribution in [1.82, 2.24) is 10.2 Å². The first-order chi connectivity index (χ1) is 10.3. The number of amides is 2. The molecule has 0 aromatic heterocycles. The Hall–Kier alpha value is -1.55. The van der Waals surface area contributed by atoms with Crippen molar-refractivity contribution in [3.63, 3.8) is 0 Å². The Balaban J connectivity index is 2.21. The second-order valence-electron chi connectivity index (χ2n) is 6.36. The van der Waals surface area contributed by atoms with Crippen LogP contribution < -0.4 is 5.32 Å². The van der Waals surface area contributed by atoms with E-state index in [0.29, 0.717) is 29.6 Å². The molecule has 0 saturated carbocycles. The van der Waals surface area contributed by atoms with Crippen LogP contribution >= 0.6 is 11.6 Å². The van der Waals surface area contributed by atoms with Gasteiger partial charge in [0.15, 0.2) is 0 Å². The predicted octanol–water partition coefficient (Wildman–Crippen LogP) is 2.88. The van der Waals surface area contributed by atoms with Gasteiger partial charge in [-0.2, -0.15) is 0 Å². The van der Waals surface area contributed by atoms with E-state index in [1.165, 1.54) is 6.92 Å². The number of rotatable bonds is 3. The lowest BCUT2D eigenvalue weighted by molar-refractivity contribution is -0.119. The maximum Gasteiger partial charge on any atom is 0.255 e. The second-order valence-corrected chi connectivity index (χ2v) is 6.74. The number of likely N-dealkylation sites (tertiary alicyclic amines) is 1. The van der Waals surface area contributed by atoms with Gasteiger partial charge in [0.05, 0.1) is 16.6 Å². The monoisotopic (exact) mass is 322 g/mol. The Kier molecular flexibility index (Phi) is 5.12. The zero-order chi connectivity index (χ0) is 16.4. The average molecular weight is 323 g/mol. The van der Waals surface area contributed by atoms with Gasteiger partial charge in [0.25, 0.3) is 5.91 Å². The lowest BCUT2D eigenvalue weighted by Gasteiger charge is -2.21. The maximum atomic E-state index is 12.7. The van der Waals surface area contributed by atoms with Gasteiger partial charge in [0.1, 0.15) is 0 Å². The van der Waals surface area contributed by atoms with Gasteiger partial charge >= 0.3 is 0 Å². The fraction of sp³-hybridized carbons (Fsp3) is 0.529. The first-order valence-corrected chi connectivity index (χ1v) is 8.00. The number of halogens is 1. The Labute approximate surface area is 136 Å². The zero-order valence-electron chi connectivity index (χ0n) is 13.5. The summed E-state index contributed by atoms with van der Waals surface area (Å²) in [4.78, 5) is 25.9. The smallest absolute Gasteiger partial charge is 0.255 e. The molecule has 1 saturated heterocycles. The van der Waals surface area contributed by atoms with Crippen LogP contribution in [0, 0.1) is 18.8 Å². The quantitative estimate of drug-likeness (QED) is 0.930. The van der Waals surface area contributed by atoms with Crippen LogP contribution in [0.2, 0.25) is 5.02 Å². The van der Waals surface area contributed by atoms with E-state index >= 15 is 0 Å². The van der Waals surface area contributed by atoms with Gasteiger partial charge in [-0.05, 0) is 24.5 Å². The summed E-state index contributed by atoms with van der Waals surface area (Å²) in [7, 11) is 0. The first kappa shape index (κ1) is 16.8. The number of benzene rings is 1. The molecule has 1 fully saturated rings. The normalized spacial score (nSPS) is 21.3. The van der Waals surface area contributed by atoms with E-state index in [0.717, 1.165) is 5.56 Å². The minimum Gasteiger partial charge on any atom is -0.351 e. The molecule has 0 unspecified atom stereocenters. The van der Waals surface area contributed by atoms with Crippen LogP contribution in [0.4, 0.5) is 0 Å². The van der Waals surface area contributed by atoms with Gasteiger partial charge in [0, 0.05) is 25.9 Å². The largest absolute Gasteiger partial charge is 0.351 e. The highest BCUT2D eigenvalue weighted by molar-refractivity contribution is 6.34. The fourth-order valence-corrected chi connectivity index (χ4v) is 3.27. The number of aryl methyl sites for hydroxylation is 1. The van der Waals surface area contributed by atoms with E-state index in [4.69, 9.17) is 11.6 Å². The lowest BCUT2D eigenvalue weighted by Crippen LogP contribution is -2.41. The second kappa shape index (κ2) is 6.69. The molecule has 1 aliphatic rings. The van der Waals surface area contributed by atoms with E-state index in [2.05, 4.69) is 19.2 Å². The van der Waals surface area contributed by atoms with Crippen LogP contribution in [0.3, 0.4) is 0 Å². The van der Waals surface area contributed by atoms with Crippen molar-refractivity contribution in [2.45, 2.75) is 33.7 Å². The summed E-state index contributed by atoms with van der Waals surface area (Å²) in [6.45, 7) is 8.82. The number of nitrogens with one attached hydrogen (secondary N) is 1. The maximum absolute atomic E-state index is 12.7. The molecule has 120 valence electrons. The summed E-state index contributed by atoms with van der Waals surface area (Å²) in [6.07, 6.45) is 0. The lowest BCUT2D eigenvalue weighted by atomic mass is 9.91. The molecule has 2 rings (SSSR count). The van der Waals surface area contributed by atoms with Gasteiger partial charge in [0.2, 0.25) is 5.91 Å². The molecule has 5 heteroatoms. The summed E-state index contributed by atoms with van der Waals surface area (Å²) in [6, 6.07) is 5.49. The van der Waals surface area contributed by atoms with Crippen LogP contribution in [-0.4, -0.2) is 35.8 Å². The number of hydrogen-bond acceptors (Lipinski definition) is 2. The molecule has 2 amide bonds. The van der Waals surface area contributed by atoms with Crippen molar-refractivity contribution in [3.8, 4) is 0 Å². The third-order valence-corrected chi connectivity index (χ3v) is 4.82. The highest BCUT2D eigenvalue weighted by Crippen LogP contribution is 2.28. The number of hydrogen-bond donors (Lipinski definition) is 1. The predicted molar refractivity (Wildman–Crippen MR) is 88.0 cm³/mol. The van der Waals surface area contributed by atoms with E-state index < -0.39 is 0 Å². The van der Waals surface area contributed by atoms with E-state index in [-0.39, 0.29) is 23.8 Å². The minimum absolute atomic E-state index is 0.00466. The standard InChI is InChI=1S/C17H23ClN2O2/c1-10(2)14-8-20(9-15(14)19-12(4)21)17(22)13-7-5-6-11(3)16(13)18/h5-7,10,14-15H,8-9H2,1-4H3,(H,19,21)/t14-,15+/m0/s1. The molecule has 0 aliphatic carbocycles. The Bertz CT molecular complexity index is 586. The Morgan fingerprint density at radius 2 is 2.00 bits per heavy atom. The van der Waals surface area contributed by atoms with Crippen molar-refractivity contribution in [3.05, 3.63) is 34.3 Å². The van der Waals surface area contributed by atoms with Crippen molar-refractivity contribution >= 4 is 23.4 Å². The molecule has 1 heterocycles. The topological polar surface area (TPSA) is 49.4 Å². The van der Waals surface area contributed by atoms with Crippen LogP contribution in [0.15, 0.2) is 18.2 Å². The van der Waals surface area contributed by atoms with Crippen molar-refractivity contribution in [2.24, 2.45) is 11.8 Å². The van der Waals surface area contributed by atoms with Crippen molar-refractivity contribution in [2.75, 3.05) is 13.1 Å². The minimum atomic E-state index is -0.0628. The number of carbonyl (C=O) groups excluding carboxylic acids is 2. The van der Waals surface area contributed by atoms with E-state index in [1.54, 1.807) is 11.0 Å². The van der Waals surface area contributed by atoms with E-state index in [1.807, 2.05) is 19.1 Å². The van der Waals surface area contributed by atoms with E-state index in [9.17, 15) is 9.59 Å². The van der Waals surface area contributed by atoms with Crippen molar-refractivity contribution < 1.29 is 9.59 Å². The average Bonchev–Trinajstić information content (AvgIpc) is 2.84. The van der Waals surface area contributed by atoms with Gasteiger partial charge in [-0.25, -0.2) is 0 Å². The highest BCUT2D eigenvalue weighted by atomic mass is 35.5. The molecule has 0 radical (unpaired) electrons. The van der Waals surface area contributed by atoms with Crippen LogP contribution in [0.5, 0.6) is 0 Å². The number of nitrogens with zero attached hydrogens (tertiary/aromatic N) is 1. The van der Waals surface area contributed by atoms with Crippen molar-refractivity contribution in [1.29, 1.82) is 0 Å². The summed E-state index contributed by atoms with van der Waals surface area (Å²) in [5.74, 6) is 0.532. The SMILES string of the molecule is CC(=O)N[C@@H]1CN(C(=O)c2cccc(C)c2Cl)C[C@H]1C(C)C. The molecule has 0 bridgehead atoms. The fourth-order valence-electron chi connectivity index (χ4n) is 3.07.